The van der Waals surface area contributed by atoms with Gasteiger partial charge < -0.3 is 10.0 Å². The smallest absolute Gasteiger partial charge is 0.308 e. The number of aliphatic carboxylic acids is 1. The number of amides is 1. The van der Waals surface area contributed by atoms with E-state index in [2.05, 4.69) is 0 Å². The van der Waals surface area contributed by atoms with Gasteiger partial charge in [0, 0.05) is 24.4 Å². The Bertz CT molecular complexity index is 495. The Morgan fingerprint density at radius 3 is 2.50 bits per heavy atom. The van der Waals surface area contributed by atoms with Crippen LogP contribution in [0.2, 0.25) is 0 Å². The van der Waals surface area contributed by atoms with Crippen LogP contribution in [0.3, 0.4) is 0 Å². The molecule has 2 bridgehead atoms. The lowest BCUT2D eigenvalue weighted by Gasteiger charge is -2.25. The largest absolute Gasteiger partial charge is 0.481 e. The van der Waals surface area contributed by atoms with Crippen molar-refractivity contribution in [3.8, 4) is 0 Å². The topological polar surface area (TPSA) is 57.6 Å². The van der Waals surface area contributed by atoms with Crippen LogP contribution in [0.25, 0.3) is 0 Å². The van der Waals surface area contributed by atoms with E-state index in [1.807, 2.05) is 0 Å². The number of fused-ring (bicyclic) bond motifs is 3. The molecule has 20 heavy (non-hydrogen) atoms. The number of hydrogen-bond donors (Lipinski definition) is 1. The molecule has 4 rings (SSSR count). The van der Waals surface area contributed by atoms with E-state index in [1.165, 1.54) is 0 Å². The van der Waals surface area contributed by atoms with Crippen molar-refractivity contribution in [2.24, 2.45) is 23.7 Å². The zero-order valence-electron chi connectivity index (χ0n) is 11.0. The van der Waals surface area contributed by atoms with Crippen LogP contribution < -0.4 is 0 Å². The molecule has 0 aromatic heterocycles. The maximum absolute atomic E-state index is 13.6. The summed E-state index contributed by atoms with van der Waals surface area (Å²) in [5.74, 6) is -5.76. The van der Waals surface area contributed by atoms with Gasteiger partial charge in [0.2, 0.25) is 5.91 Å². The Kier molecular flexibility index (Phi) is 2.32. The molecule has 2 heterocycles. The van der Waals surface area contributed by atoms with Gasteiger partial charge in [0.05, 0.1) is 11.8 Å². The van der Waals surface area contributed by atoms with E-state index in [1.54, 1.807) is 4.90 Å². The highest BCUT2D eigenvalue weighted by molar-refractivity contribution is 5.85. The number of halogens is 2. The second-order valence-electron chi connectivity index (χ2n) is 6.74. The first kappa shape index (κ1) is 12.5. The average Bonchev–Trinajstić information content (AvgIpc) is 2.64. The summed E-state index contributed by atoms with van der Waals surface area (Å²) in [6.07, 6.45) is 2.34. The number of nitrogens with zero attached hydrogens (tertiary/aromatic N) is 1. The molecule has 2 saturated heterocycles. The van der Waals surface area contributed by atoms with Crippen molar-refractivity contribution in [1.82, 2.24) is 4.90 Å². The standard InChI is InChI=1S/C14H17F2NO3/c15-14(16)4-3-7-10(11(7)14)12(18)17-6-1-2-9(17)8(5-6)13(19)20/h6-11H,1-5H2,(H,19,20)/t6-,7+,8-,9+,10-,11+/m1/s1. The molecule has 0 aromatic rings. The van der Waals surface area contributed by atoms with Crippen molar-refractivity contribution in [2.45, 2.75) is 50.1 Å². The summed E-state index contributed by atoms with van der Waals surface area (Å²) in [7, 11) is 0. The molecule has 6 heteroatoms. The summed E-state index contributed by atoms with van der Waals surface area (Å²) in [6, 6.07) is -0.302. The molecule has 0 spiro atoms. The summed E-state index contributed by atoms with van der Waals surface area (Å²) in [5, 5.41) is 9.18. The van der Waals surface area contributed by atoms with Crippen LogP contribution in [0, 0.1) is 23.7 Å². The van der Waals surface area contributed by atoms with Crippen molar-refractivity contribution in [1.29, 1.82) is 0 Å². The third kappa shape index (κ3) is 1.45. The van der Waals surface area contributed by atoms with Gasteiger partial charge in [-0.25, -0.2) is 8.78 Å². The van der Waals surface area contributed by atoms with Gasteiger partial charge in [-0.15, -0.1) is 0 Å². The molecule has 4 aliphatic rings. The number of carboxylic acids is 1. The van der Waals surface area contributed by atoms with Gasteiger partial charge in [-0.2, -0.15) is 0 Å². The van der Waals surface area contributed by atoms with E-state index in [0.29, 0.717) is 19.3 Å². The molecule has 4 nitrogen and oxygen atoms in total. The van der Waals surface area contributed by atoms with E-state index in [-0.39, 0.29) is 30.3 Å². The van der Waals surface area contributed by atoms with E-state index in [9.17, 15) is 23.5 Å². The van der Waals surface area contributed by atoms with E-state index < -0.39 is 29.6 Å². The first-order valence-corrected chi connectivity index (χ1v) is 7.34. The first-order valence-electron chi connectivity index (χ1n) is 7.34. The van der Waals surface area contributed by atoms with Gasteiger partial charge in [-0.3, -0.25) is 9.59 Å². The number of hydrogen-bond acceptors (Lipinski definition) is 2. The highest BCUT2D eigenvalue weighted by Crippen LogP contribution is 2.65. The predicted octanol–water partition coefficient (Wildman–Crippen LogP) is 1.74. The fraction of sp³-hybridized carbons (Fsp3) is 0.857. The zero-order valence-corrected chi connectivity index (χ0v) is 11.0. The summed E-state index contributed by atoms with van der Waals surface area (Å²) < 4.78 is 27.3. The Labute approximate surface area is 115 Å². The highest BCUT2D eigenvalue weighted by atomic mass is 19.3. The van der Waals surface area contributed by atoms with Crippen molar-refractivity contribution < 1.29 is 23.5 Å². The fourth-order valence-electron chi connectivity index (χ4n) is 4.94. The van der Waals surface area contributed by atoms with Crippen LogP contribution in [-0.2, 0) is 9.59 Å². The van der Waals surface area contributed by atoms with Gasteiger partial charge in [-0.05, 0) is 31.6 Å². The predicted molar refractivity (Wildman–Crippen MR) is 64.0 cm³/mol. The highest BCUT2D eigenvalue weighted by Gasteiger charge is 2.71. The van der Waals surface area contributed by atoms with Crippen LogP contribution >= 0.6 is 0 Å². The van der Waals surface area contributed by atoms with Gasteiger partial charge in [-0.1, -0.05) is 0 Å². The molecule has 2 aliphatic carbocycles. The quantitative estimate of drug-likeness (QED) is 0.841. The van der Waals surface area contributed by atoms with Crippen LogP contribution in [0.1, 0.15) is 32.1 Å². The van der Waals surface area contributed by atoms with Gasteiger partial charge in [0.1, 0.15) is 0 Å². The summed E-state index contributed by atoms with van der Waals surface area (Å²) in [6.45, 7) is 0. The van der Waals surface area contributed by atoms with Crippen LogP contribution in [-0.4, -0.2) is 39.9 Å². The number of rotatable bonds is 2. The Hall–Kier alpha value is -1.20. The molecule has 1 amide bonds. The minimum absolute atomic E-state index is 0.0384. The lowest BCUT2D eigenvalue weighted by Crippen LogP contribution is -2.40. The summed E-state index contributed by atoms with van der Waals surface area (Å²) in [4.78, 5) is 25.4. The Morgan fingerprint density at radius 2 is 1.95 bits per heavy atom. The average molecular weight is 285 g/mol. The fourth-order valence-corrected chi connectivity index (χ4v) is 4.94. The molecule has 0 unspecified atom stereocenters. The van der Waals surface area contributed by atoms with Gasteiger partial charge in [0.15, 0.2) is 0 Å². The number of carbonyl (C=O) groups is 2. The molecule has 4 fully saturated rings. The molecule has 6 atom stereocenters. The zero-order chi connectivity index (χ0) is 14.2. The van der Waals surface area contributed by atoms with Gasteiger partial charge >= 0.3 is 5.97 Å². The van der Waals surface area contributed by atoms with Crippen molar-refractivity contribution in [3.63, 3.8) is 0 Å². The van der Waals surface area contributed by atoms with Crippen molar-refractivity contribution in [3.05, 3.63) is 0 Å². The Morgan fingerprint density at radius 1 is 1.20 bits per heavy atom. The molecule has 2 aliphatic heterocycles. The summed E-state index contributed by atoms with van der Waals surface area (Å²) in [5.41, 5.74) is 0. The van der Waals surface area contributed by atoms with Crippen molar-refractivity contribution in [2.75, 3.05) is 0 Å². The van der Waals surface area contributed by atoms with E-state index in [4.69, 9.17) is 0 Å². The molecular formula is C14H17F2NO3. The van der Waals surface area contributed by atoms with Crippen LogP contribution in [0.5, 0.6) is 0 Å². The van der Waals surface area contributed by atoms with E-state index in [0.717, 1.165) is 6.42 Å². The minimum Gasteiger partial charge on any atom is -0.481 e. The third-order valence-corrected chi connectivity index (χ3v) is 5.86. The van der Waals surface area contributed by atoms with Crippen LogP contribution in [0.15, 0.2) is 0 Å². The SMILES string of the molecule is O=C(O)[C@@H]1C[C@H]2CC[C@@H]1N2C(=O)[C@@H]1[C@@H]2CCC(F)(F)[C@@H]21. The molecule has 0 radical (unpaired) electrons. The molecule has 0 aromatic carbocycles. The van der Waals surface area contributed by atoms with Crippen LogP contribution in [0.4, 0.5) is 8.78 Å². The Balaban J connectivity index is 1.53. The maximum Gasteiger partial charge on any atom is 0.308 e. The maximum atomic E-state index is 13.6. The lowest BCUT2D eigenvalue weighted by molar-refractivity contribution is -0.143. The van der Waals surface area contributed by atoms with E-state index >= 15 is 0 Å². The minimum atomic E-state index is -2.70. The second kappa shape index (κ2) is 3.71. The number of alkyl halides is 2. The molecule has 2 saturated carbocycles. The molecule has 110 valence electrons. The molecule has 1 N–H and O–H groups in total. The summed E-state index contributed by atoms with van der Waals surface area (Å²) >= 11 is 0. The van der Waals surface area contributed by atoms with Crippen molar-refractivity contribution >= 4 is 11.9 Å². The normalized spacial score (nSPS) is 47.4. The first-order chi connectivity index (χ1) is 9.42. The lowest BCUT2D eigenvalue weighted by atomic mass is 9.89. The second-order valence-corrected chi connectivity index (χ2v) is 6.74. The monoisotopic (exact) mass is 285 g/mol. The van der Waals surface area contributed by atoms with Gasteiger partial charge in [0.25, 0.3) is 5.92 Å². The third-order valence-electron chi connectivity index (χ3n) is 5.86. The number of carbonyl (C=O) groups excluding carboxylic acids is 1. The molecular weight excluding hydrogens is 268 g/mol. The number of carboxylic acid groups (broad SMARTS) is 1.